The third kappa shape index (κ3) is 6.05. The van der Waals surface area contributed by atoms with Crippen LogP contribution in [0.5, 0.6) is 0 Å². The number of hydrogen-bond donors (Lipinski definition) is 1. The Hall–Kier alpha value is -0.370. The predicted octanol–water partition coefficient (Wildman–Crippen LogP) is 2.77. The van der Waals surface area contributed by atoms with Gasteiger partial charge in [-0.3, -0.25) is 0 Å². The highest BCUT2D eigenvalue weighted by atomic mass is 19.1. The molecule has 0 saturated heterocycles. The van der Waals surface area contributed by atoms with Crippen LogP contribution in [-0.2, 0) is 0 Å². The minimum absolute atomic E-state index is 0.364. The Kier molecular flexibility index (Phi) is 7.47. The van der Waals surface area contributed by atoms with E-state index in [9.17, 15) is 4.39 Å². The molecule has 0 aromatic heterocycles. The molecule has 0 radical (unpaired) electrons. The molecule has 66 valence electrons. The van der Waals surface area contributed by atoms with Crippen molar-refractivity contribution in [1.82, 2.24) is 0 Å². The third-order valence-electron chi connectivity index (χ3n) is 1.77. The second kappa shape index (κ2) is 7.73. The number of rotatable bonds is 6. The van der Waals surface area contributed by atoms with E-state index in [0.29, 0.717) is 12.9 Å². The summed E-state index contributed by atoms with van der Waals surface area (Å²) < 4.78 is 11.9. The fraction of sp³-hybridized carbons (Fsp3) is 0.778. The Balaban J connectivity index is 3.22. The van der Waals surface area contributed by atoms with E-state index in [0.717, 1.165) is 18.4 Å². The molecule has 0 unspecified atom stereocenters. The quantitative estimate of drug-likeness (QED) is 0.592. The molecule has 0 aliphatic heterocycles. The molecule has 0 bridgehead atoms. The Labute approximate surface area is 68.5 Å². The zero-order valence-corrected chi connectivity index (χ0v) is 7.28. The number of hydrogen-bond acceptors (Lipinski definition) is 1. The van der Waals surface area contributed by atoms with Crippen LogP contribution in [0.3, 0.4) is 0 Å². The number of unbranched alkanes of at least 4 members (excludes halogenated alkanes) is 3. The van der Waals surface area contributed by atoms with E-state index in [1.165, 1.54) is 19.3 Å². The molecule has 0 aromatic rings. The van der Waals surface area contributed by atoms with Crippen molar-refractivity contribution >= 4 is 0 Å². The molecule has 1 nitrogen and oxygen atoms in total. The summed E-state index contributed by atoms with van der Waals surface area (Å²) in [6.07, 6.45) is 6.19. The van der Waals surface area contributed by atoms with Crippen molar-refractivity contribution in [2.24, 2.45) is 5.73 Å². The maximum Gasteiger partial charge on any atom is 0.0871 e. The standard InChI is InChI=1S/C9H18FN/c1-2-3-4-5-6-9(7-10)8-11/h7H,2-6,8,11H2,1H3/b9-7+. The summed E-state index contributed by atoms with van der Waals surface area (Å²) in [7, 11) is 0. The molecular formula is C9H18FN. The smallest absolute Gasteiger partial charge is 0.0871 e. The summed E-state index contributed by atoms with van der Waals surface area (Å²) in [5.41, 5.74) is 6.03. The SMILES string of the molecule is CCCCCC/C(=C\F)CN. The molecule has 2 N–H and O–H groups in total. The van der Waals surface area contributed by atoms with Crippen LogP contribution in [0.2, 0.25) is 0 Å². The van der Waals surface area contributed by atoms with Gasteiger partial charge >= 0.3 is 0 Å². The highest BCUT2D eigenvalue weighted by Crippen LogP contribution is 2.08. The van der Waals surface area contributed by atoms with Crippen LogP contribution in [-0.4, -0.2) is 6.54 Å². The van der Waals surface area contributed by atoms with Crippen molar-refractivity contribution in [3.63, 3.8) is 0 Å². The van der Waals surface area contributed by atoms with Crippen molar-refractivity contribution in [1.29, 1.82) is 0 Å². The lowest BCUT2D eigenvalue weighted by molar-refractivity contribution is 0.640. The van der Waals surface area contributed by atoms with Gasteiger partial charge in [-0.2, -0.15) is 0 Å². The van der Waals surface area contributed by atoms with E-state index in [1.807, 2.05) is 0 Å². The molecule has 0 spiro atoms. The predicted molar refractivity (Wildman–Crippen MR) is 47.0 cm³/mol. The third-order valence-corrected chi connectivity index (χ3v) is 1.77. The fourth-order valence-corrected chi connectivity index (χ4v) is 0.980. The van der Waals surface area contributed by atoms with Gasteiger partial charge in [-0.25, -0.2) is 4.39 Å². The molecule has 2 heteroatoms. The summed E-state index contributed by atoms with van der Waals surface area (Å²) in [6, 6.07) is 0. The average molecular weight is 159 g/mol. The molecule has 0 aromatic carbocycles. The molecular weight excluding hydrogens is 141 g/mol. The first-order valence-electron chi connectivity index (χ1n) is 4.33. The maximum absolute atomic E-state index is 11.9. The first-order valence-corrected chi connectivity index (χ1v) is 4.33. The van der Waals surface area contributed by atoms with Crippen LogP contribution in [0.1, 0.15) is 39.0 Å². The second-order valence-corrected chi connectivity index (χ2v) is 2.78. The van der Waals surface area contributed by atoms with Crippen LogP contribution in [0.15, 0.2) is 11.9 Å². The lowest BCUT2D eigenvalue weighted by atomic mass is 10.1. The van der Waals surface area contributed by atoms with Crippen LogP contribution in [0.4, 0.5) is 4.39 Å². The first kappa shape index (κ1) is 10.6. The van der Waals surface area contributed by atoms with Gasteiger partial charge < -0.3 is 5.73 Å². The lowest BCUT2D eigenvalue weighted by Gasteiger charge is -2.00. The molecule has 0 aliphatic carbocycles. The first-order chi connectivity index (χ1) is 5.35. The molecule has 0 amide bonds. The van der Waals surface area contributed by atoms with E-state index in [1.54, 1.807) is 0 Å². The van der Waals surface area contributed by atoms with Gasteiger partial charge in [0, 0.05) is 6.54 Å². The molecule has 0 saturated carbocycles. The van der Waals surface area contributed by atoms with Crippen molar-refractivity contribution in [3.05, 3.63) is 11.9 Å². The second-order valence-electron chi connectivity index (χ2n) is 2.78. The average Bonchev–Trinajstić information content (AvgIpc) is 2.05. The van der Waals surface area contributed by atoms with Gasteiger partial charge in [0.15, 0.2) is 0 Å². The Morgan fingerprint density at radius 3 is 2.55 bits per heavy atom. The molecule has 0 aliphatic rings. The maximum atomic E-state index is 11.9. The Bertz CT molecular complexity index is 110. The van der Waals surface area contributed by atoms with Crippen molar-refractivity contribution in [3.8, 4) is 0 Å². The number of halogens is 1. The highest BCUT2D eigenvalue weighted by Gasteiger charge is 1.94. The topological polar surface area (TPSA) is 26.0 Å². The Morgan fingerprint density at radius 1 is 1.36 bits per heavy atom. The van der Waals surface area contributed by atoms with Gasteiger partial charge in [-0.1, -0.05) is 26.2 Å². The van der Waals surface area contributed by atoms with Gasteiger partial charge in [0.2, 0.25) is 0 Å². The van der Waals surface area contributed by atoms with E-state index in [-0.39, 0.29) is 0 Å². The lowest BCUT2D eigenvalue weighted by Crippen LogP contribution is -2.02. The van der Waals surface area contributed by atoms with Crippen LogP contribution in [0.25, 0.3) is 0 Å². The highest BCUT2D eigenvalue weighted by molar-refractivity contribution is 4.98. The molecule has 0 atom stereocenters. The zero-order valence-electron chi connectivity index (χ0n) is 7.28. The van der Waals surface area contributed by atoms with Gasteiger partial charge in [-0.15, -0.1) is 0 Å². The van der Waals surface area contributed by atoms with E-state index < -0.39 is 0 Å². The van der Waals surface area contributed by atoms with Crippen molar-refractivity contribution < 1.29 is 4.39 Å². The summed E-state index contributed by atoms with van der Waals surface area (Å²) in [4.78, 5) is 0. The molecule has 11 heavy (non-hydrogen) atoms. The normalized spacial score (nSPS) is 12.1. The minimum Gasteiger partial charge on any atom is -0.327 e. The van der Waals surface area contributed by atoms with Crippen LogP contribution < -0.4 is 5.73 Å². The largest absolute Gasteiger partial charge is 0.327 e. The molecule has 0 rings (SSSR count). The monoisotopic (exact) mass is 159 g/mol. The summed E-state index contributed by atoms with van der Waals surface area (Å²) >= 11 is 0. The summed E-state index contributed by atoms with van der Waals surface area (Å²) in [5, 5.41) is 0. The number of nitrogens with two attached hydrogens (primary N) is 1. The van der Waals surface area contributed by atoms with Gasteiger partial charge in [0.05, 0.1) is 6.33 Å². The van der Waals surface area contributed by atoms with E-state index >= 15 is 0 Å². The summed E-state index contributed by atoms with van der Waals surface area (Å²) in [5.74, 6) is 0. The van der Waals surface area contributed by atoms with Gasteiger partial charge in [0.1, 0.15) is 0 Å². The van der Waals surface area contributed by atoms with Gasteiger partial charge in [0.25, 0.3) is 0 Å². The van der Waals surface area contributed by atoms with Crippen LogP contribution in [0, 0.1) is 0 Å². The summed E-state index contributed by atoms with van der Waals surface area (Å²) in [6.45, 7) is 2.53. The molecule has 0 heterocycles. The zero-order chi connectivity index (χ0) is 8.53. The van der Waals surface area contributed by atoms with Crippen molar-refractivity contribution in [2.75, 3.05) is 6.54 Å². The fourth-order valence-electron chi connectivity index (χ4n) is 0.980. The van der Waals surface area contributed by atoms with E-state index in [4.69, 9.17) is 5.73 Å². The minimum atomic E-state index is 0.364. The molecule has 0 fully saturated rings. The van der Waals surface area contributed by atoms with E-state index in [2.05, 4.69) is 6.92 Å². The van der Waals surface area contributed by atoms with Crippen LogP contribution >= 0.6 is 0 Å². The van der Waals surface area contributed by atoms with Crippen molar-refractivity contribution in [2.45, 2.75) is 39.0 Å². The van der Waals surface area contributed by atoms with Gasteiger partial charge in [-0.05, 0) is 18.4 Å². The Morgan fingerprint density at radius 2 is 2.09 bits per heavy atom.